The van der Waals surface area contributed by atoms with Crippen molar-refractivity contribution < 1.29 is 17.6 Å². The van der Waals surface area contributed by atoms with E-state index in [-0.39, 0.29) is 11.6 Å². The Labute approximate surface area is 70.3 Å². The minimum atomic E-state index is -4.73. The van der Waals surface area contributed by atoms with Crippen LogP contribution in [0.25, 0.3) is 0 Å². The van der Waals surface area contributed by atoms with Gasteiger partial charge in [0, 0.05) is 5.92 Å². The minimum absolute atomic E-state index is 0.118. The van der Waals surface area contributed by atoms with Gasteiger partial charge < -0.3 is 0 Å². The summed E-state index contributed by atoms with van der Waals surface area (Å²) in [6.07, 6.45) is -1.57. The van der Waals surface area contributed by atoms with E-state index in [2.05, 4.69) is 5.10 Å². The molecule has 0 aliphatic heterocycles. The van der Waals surface area contributed by atoms with Crippen LogP contribution in [-0.2, 0) is 6.18 Å². The Hall–Kier alpha value is -1.33. The Morgan fingerprint density at radius 1 is 1.31 bits per heavy atom. The molecule has 0 bridgehead atoms. The summed E-state index contributed by atoms with van der Waals surface area (Å²) in [4.78, 5) is 0. The van der Waals surface area contributed by atoms with E-state index in [0.717, 1.165) is 0 Å². The Balaban J connectivity index is 2.38. The van der Waals surface area contributed by atoms with Crippen LogP contribution in [0.4, 0.5) is 17.6 Å². The first-order valence-electron chi connectivity index (χ1n) is 3.49. The van der Waals surface area contributed by atoms with E-state index in [1.54, 1.807) is 12.2 Å². The van der Waals surface area contributed by atoms with Crippen molar-refractivity contribution in [2.75, 3.05) is 0 Å². The molecule has 2 rings (SSSR count). The molecule has 1 heterocycles. The van der Waals surface area contributed by atoms with Crippen LogP contribution in [0.15, 0.2) is 12.2 Å². The molecule has 0 unspecified atom stereocenters. The molecule has 0 saturated carbocycles. The van der Waals surface area contributed by atoms with E-state index in [1.807, 2.05) is 5.10 Å². The van der Waals surface area contributed by atoms with Crippen LogP contribution >= 0.6 is 0 Å². The molecule has 6 heteroatoms. The number of alkyl halides is 3. The Morgan fingerprint density at radius 3 is 2.31 bits per heavy atom. The number of hydrogen-bond acceptors (Lipinski definition) is 1. The highest BCUT2D eigenvalue weighted by molar-refractivity contribution is 5.35. The molecule has 0 amide bonds. The number of aromatic amines is 1. The van der Waals surface area contributed by atoms with Gasteiger partial charge in [0.25, 0.3) is 0 Å². The molecule has 0 radical (unpaired) electrons. The molecule has 0 spiro atoms. The lowest BCUT2D eigenvalue weighted by molar-refractivity contribution is -0.143. The van der Waals surface area contributed by atoms with Crippen LogP contribution in [0.1, 0.15) is 17.3 Å². The summed E-state index contributed by atoms with van der Waals surface area (Å²) in [5.74, 6) is -1.65. The van der Waals surface area contributed by atoms with Crippen LogP contribution in [0.2, 0.25) is 0 Å². The number of hydrogen-bond donors (Lipinski definition) is 1. The highest BCUT2D eigenvalue weighted by atomic mass is 19.4. The minimum Gasteiger partial charge on any atom is -0.278 e. The summed E-state index contributed by atoms with van der Waals surface area (Å²) in [5.41, 5.74) is -1.59. The first-order chi connectivity index (χ1) is 6.00. The van der Waals surface area contributed by atoms with Crippen LogP contribution in [0.3, 0.4) is 0 Å². The second-order valence-corrected chi connectivity index (χ2v) is 2.71. The molecule has 2 nitrogen and oxygen atoms in total. The Morgan fingerprint density at radius 2 is 1.92 bits per heavy atom. The molecular formula is C7H4F4N2. The molecule has 1 aliphatic rings. The highest BCUT2D eigenvalue weighted by Gasteiger charge is 2.40. The predicted molar refractivity (Wildman–Crippen MR) is 35.4 cm³/mol. The number of rotatable bonds is 1. The van der Waals surface area contributed by atoms with Crippen LogP contribution in [-0.4, -0.2) is 10.2 Å². The first kappa shape index (κ1) is 8.28. The smallest absolute Gasteiger partial charge is 0.278 e. The van der Waals surface area contributed by atoms with Gasteiger partial charge >= 0.3 is 6.18 Å². The molecule has 1 N–H and O–H groups in total. The lowest BCUT2D eigenvalue weighted by Gasteiger charge is -2.00. The monoisotopic (exact) mass is 192 g/mol. The van der Waals surface area contributed by atoms with Crippen molar-refractivity contribution >= 4 is 0 Å². The second kappa shape index (κ2) is 2.34. The van der Waals surface area contributed by atoms with Gasteiger partial charge in [0.15, 0.2) is 5.82 Å². The number of nitrogens with zero attached hydrogens (tertiary/aromatic N) is 1. The van der Waals surface area contributed by atoms with Gasteiger partial charge in [-0.1, -0.05) is 12.2 Å². The molecule has 0 atom stereocenters. The Kier molecular flexibility index (Phi) is 1.49. The maximum Gasteiger partial charge on any atom is 0.438 e. The van der Waals surface area contributed by atoms with Gasteiger partial charge in [0.2, 0.25) is 5.69 Å². The van der Waals surface area contributed by atoms with Gasteiger partial charge in [0.1, 0.15) is 0 Å². The SMILES string of the molecule is Fc1c(C(F)(F)F)n[nH]c1C1C=C1. The largest absolute Gasteiger partial charge is 0.438 e. The molecular weight excluding hydrogens is 188 g/mol. The molecule has 1 aliphatic carbocycles. The van der Waals surface area contributed by atoms with Crippen LogP contribution in [0, 0.1) is 5.82 Å². The van der Waals surface area contributed by atoms with Gasteiger partial charge in [-0.15, -0.1) is 0 Å². The average molecular weight is 192 g/mol. The summed E-state index contributed by atoms with van der Waals surface area (Å²) in [7, 11) is 0. The third kappa shape index (κ3) is 1.32. The summed E-state index contributed by atoms with van der Waals surface area (Å²) in [6, 6.07) is 0. The lowest BCUT2D eigenvalue weighted by atomic mass is 10.2. The third-order valence-electron chi connectivity index (χ3n) is 1.72. The normalized spacial score (nSPS) is 16.6. The number of nitrogens with one attached hydrogen (secondary N) is 1. The Bertz CT molecular complexity index is 357. The molecule has 70 valence electrons. The van der Waals surface area contributed by atoms with Crippen molar-refractivity contribution in [3.8, 4) is 0 Å². The van der Waals surface area contributed by atoms with Crippen molar-refractivity contribution in [3.63, 3.8) is 0 Å². The third-order valence-corrected chi connectivity index (χ3v) is 1.72. The first-order valence-corrected chi connectivity index (χ1v) is 3.49. The van der Waals surface area contributed by atoms with E-state index in [0.29, 0.717) is 0 Å². The number of halogens is 4. The van der Waals surface area contributed by atoms with Crippen LogP contribution < -0.4 is 0 Å². The molecule has 0 aromatic carbocycles. The van der Waals surface area contributed by atoms with E-state index < -0.39 is 17.7 Å². The van der Waals surface area contributed by atoms with Crippen molar-refractivity contribution in [3.05, 3.63) is 29.4 Å². The van der Waals surface area contributed by atoms with Crippen molar-refractivity contribution in [2.45, 2.75) is 12.1 Å². The summed E-state index contributed by atoms with van der Waals surface area (Å²) < 4.78 is 49.0. The van der Waals surface area contributed by atoms with E-state index in [9.17, 15) is 17.6 Å². The van der Waals surface area contributed by atoms with Crippen LogP contribution in [0.5, 0.6) is 0 Å². The highest BCUT2D eigenvalue weighted by Crippen LogP contribution is 2.36. The van der Waals surface area contributed by atoms with Gasteiger partial charge in [-0.2, -0.15) is 18.3 Å². The van der Waals surface area contributed by atoms with E-state index >= 15 is 0 Å². The number of aromatic nitrogens is 2. The van der Waals surface area contributed by atoms with Crippen molar-refractivity contribution in [1.82, 2.24) is 10.2 Å². The van der Waals surface area contributed by atoms with Crippen molar-refractivity contribution in [2.24, 2.45) is 0 Å². The number of allylic oxidation sites excluding steroid dienone is 2. The fraction of sp³-hybridized carbons (Fsp3) is 0.286. The van der Waals surface area contributed by atoms with Gasteiger partial charge in [0.05, 0.1) is 5.69 Å². The second-order valence-electron chi connectivity index (χ2n) is 2.71. The molecule has 0 fully saturated rings. The fourth-order valence-electron chi connectivity index (χ4n) is 0.999. The maximum atomic E-state index is 13.0. The van der Waals surface area contributed by atoms with E-state index in [4.69, 9.17) is 0 Å². The quantitative estimate of drug-likeness (QED) is 0.536. The molecule has 0 saturated heterocycles. The van der Waals surface area contributed by atoms with Gasteiger partial charge in [-0.3, -0.25) is 5.10 Å². The fourth-order valence-corrected chi connectivity index (χ4v) is 0.999. The maximum absolute atomic E-state index is 13.0. The average Bonchev–Trinajstić information content (AvgIpc) is 2.73. The summed E-state index contributed by atoms with van der Waals surface area (Å²) >= 11 is 0. The van der Waals surface area contributed by atoms with Crippen molar-refractivity contribution in [1.29, 1.82) is 0 Å². The molecule has 1 aromatic heterocycles. The summed E-state index contributed by atoms with van der Waals surface area (Å²) in [5, 5.41) is 4.92. The zero-order valence-electron chi connectivity index (χ0n) is 6.19. The predicted octanol–water partition coefficient (Wildman–Crippen LogP) is 2.22. The van der Waals surface area contributed by atoms with Gasteiger partial charge in [-0.25, -0.2) is 4.39 Å². The zero-order valence-corrected chi connectivity index (χ0v) is 6.19. The standard InChI is InChI=1S/C7H4F4N2/c8-4-5(3-1-2-3)12-13-6(4)7(9,10)11/h1-3H,(H,12,13). The number of H-pyrrole nitrogens is 1. The van der Waals surface area contributed by atoms with E-state index in [1.165, 1.54) is 0 Å². The van der Waals surface area contributed by atoms with Gasteiger partial charge in [-0.05, 0) is 0 Å². The molecule has 13 heavy (non-hydrogen) atoms. The summed E-state index contributed by atoms with van der Waals surface area (Å²) in [6.45, 7) is 0. The molecule has 1 aromatic rings. The lowest BCUT2D eigenvalue weighted by Crippen LogP contribution is -2.08. The zero-order chi connectivity index (χ0) is 9.64. The topological polar surface area (TPSA) is 28.7 Å².